The molecule has 1 atom stereocenters. The van der Waals surface area contributed by atoms with E-state index in [-0.39, 0.29) is 16.6 Å². The van der Waals surface area contributed by atoms with Crippen molar-refractivity contribution in [2.75, 3.05) is 0 Å². The first kappa shape index (κ1) is 11.9. The highest BCUT2D eigenvalue weighted by Gasteiger charge is 2.35. The first-order chi connectivity index (χ1) is 7.62. The van der Waals surface area contributed by atoms with E-state index in [0.29, 0.717) is 6.42 Å². The molecule has 0 spiro atoms. The molecule has 0 aromatic heterocycles. The largest absolute Gasteiger partial charge is 0.207 e. The predicted molar refractivity (Wildman–Crippen MR) is 66.3 cm³/mol. The molecule has 88 valence electrons. The lowest BCUT2D eigenvalue weighted by Gasteiger charge is -2.29. The molecule has 0 N–H and O–H groups in total. The highest BCUT2D eigenvalue weighted by atomic mass is 35.5. The van der Waals surface area contributed by atoms with Gasteiger partial charge in [-0.2, -0.15) is 0 Å². The van der Waals surface area contributed by atoms with E-state index in [1.807, 2.05) is 12.1 Å². The minimum Gasteiger partial charge on any atom is -0.207 e. The molecule has 0 saturated heterocycles. The van der Waals surface area contributed by atoms with E-state index in [0.717, 1.165) is 5.56 Å². The maximum absolute atomic E-state index is 13.5. The van der Waals surface area contributed by atoms with Gasteiger partial charge in [0.2, 0.25) is 0 Å². The van der Waals surface area contributed by atoms with E-state index in [1.165, 1.54) is 31.7 Å². The molecule has 2 rings (SSSR count). The van der Waals surface area contributed by atoms with Crippen molar-refractivity contribution in [2.45, 2.75) is 44.4 Å². The Kier molecular flexibility index (Phi) is 3.53. The van der Waals surface area contributed by atoms with E-state index in [9.17, 15) is 4.39 Å². The predicted octanol–water partition coefficient (Wildman–Crippen LogP) is 4.56. The van der Waals surface area contributed by atoms with Crippen LogP contribution < -0.4 is 0 Å². The van der Waals surface area contributed by atoms with Crippen LogP contribution >= 0.6 is 11.6 Å². The van der Waals surface area contributed by atoms with Crippen LogP contribution in [0.5, 0.6) is 0 Å². The summed E-state index contributed by atoms with van der Waals surface area (Å²) in [6.07, 6.45) is 5.52. The lowest BCUT2D eigenvalue weighted by atomic mass is 9.82. The van der Waals surface area contributed by atoms with Gasteiger partial charge in [-0.15, -0.1) is 11.6 Å². The van der Waals surface area contributed by atoms with Crippen molar-refractivity contribution in [3.8, 4) is 0 Å². The quantitative estimate of drug-likeness (QED) is 0.680. The van der Waals surface area contributed by atoms with Crippen LogP contribution in [-0.2, 0) is 6.42 Å². The van der Waals surface area contributed by atoms with E-state index < -0.39 is 0 Å². The summed E-state index contributed by atoms with van der Waals surface area (Å²) < 4.78 is 13.5. The van der Waals surface area contributed by atoms with Gasteiger partial charge in [0.25, 0.3) is 0 Å². The van der Waals surface area contributed by atoms with Gasteiger partial charge < -0.3 is 0 Å². The molecule has 16 heavy (non-hydrogen) atoms. The fourth-order valence-corrected chi connectivity index (χ4v) is 2.98. The van der Waals surface area contributed by atoms with Crippen LogP contribution in [0.25, 0.3) is 0 Å². The van der Waals surface area contributed by atoms with Crippen LogP contribution in [0.1, 0.15) is 38.2 Å². The minimum atomic E-state index is -0.130. The topological polar surface area (TPSA) is 0 Å². The molecular formula is C14H18ClF. The Hall–Kier alpha value is -0.560. The highest BCUT2D eigenvalue weighted by molar-refractivity contribution is 6.21. The average Bonchev–Trinajstić information content (AvgIpc) is 2.70. The van der Waals surface area contributed by atoms with Gasteiger partial charge in [0, 0.05) is 5.38 Å². The molecule has 1 aromatic rings. The molecule has 1 fully saturated rings. The van der Waals surface area contributed by atoms with Crippen molar-refractivity contribution in [1.29, 1.82) is 0 Å². The molecule has 0 radical (unpaired) electrons. The summed E-state index contributed by atoms with van der Waals surface area (Å²) in [4.78, 5) is 0. The number of rotatable bonds is 3. The van der Waals surface area contributed by atoms with Gasteiger partial charge in [-0.25, -0.2) is 4.39 Å². The zero-order chi connectivity index (χ0) is 11.6. The Morgan fingerprint density at radius 2 is 1.94 bits per heavy atom. The Morgan fingerprint density at radius 1 is 1.31 bits per heavy atom. The SMILES string of the molecule is CC1(C(Cl)Cc2ccccc2F)CCCC1. The van der Waals surface area contributed by atoms with Crippen molar-refractivity contribution in [2.24, 2.45) is 5.41 Å². The average molecular weight is 241 g/mol. The van der Waals surface area contributed by atoms with Crippen LogP contribution in [-0.4, -0.2) is 5.38 Å². The summed E-state index contributed by atoms with van der Waals surface area (Å²) in [5.74, 6) is -0.130. The van der Waals surface area contributed by atoms with Gasteiger partial charge in [-0.05, 0) is 36.3 Å². The fraction of sp³-hybridized carbons (Fsp3) is 0.571. The molecule has 1 saturated carbocycles. The summed E-state index contributed by atoms with van der Waals surface area (Å²) in [7, 11) is 0. The second-order valence-electron chi connectivity index (χ2n) is 5.12. The number of alkyl halides is 1. The van der Waals surface area contributed by atoms with Gasteiger partial charge in [0.05, 0.1) is 0 Å². The Labute approximate surface area is 102 Å². The Balaban J connectivity index is 2.07. The molecule has 1 unspecified atom stereocenters. The van der Waals surface area contributed by atoms with Crippen molar-refractivity contribution in [1.82, 2.24) is 0 Å². The second-order valence-corrected chi connectivity index (χ2v) is 5.65. The molecule has 2 heteroatoms. The van der Waals surface area contributed by atoms with E-state index in [4.69, 9.17) is 11.6 Å². The van der Waals surface area contributed by atoms with Crippen LogP contribution in [0, 0.1) is 11.2 Å². The van der Waals surface area contributed by atoms with Crippen LogP contribution in [0.4, 0.5) is 4.39 Å². The Bertz CT molecular complexity index is 356. The summed E-state index contributed by atoms with van der Waals surface area (Å²) in [5.41, 5.74) is 0.944. The third-order valence-electron chi connectivity index (χ3n) is 3.86. The van der Waals surface area contributed by atoms with Crippen molar-refractivity contribution in [3.63, 3.8) is 0 Å². The van der Waals surface area contributed by atoms with E-state index in [1.54, 1.807) is 6.07 Å². The van der Waals surface area contributed by atoms with E-state index in [2.05, 4.69) is 6.92 Å². The number of hydrogen-bond donors (Lipinski definition) is 0. The third-order valence-corrected chi connectivity index (χ3v) is 4.54. The first-order valence-corrected chi connectivity index (χ1v) is 6.43. The van der Waals surface area contributed by atoms with Crippen molar-refractivity contribution >= 4 is 11.6 Å². The normalized spacial score (nSPS) is 20.9. The van der Waals surface area contributed by atoms with Gasteiger partial charge in [0.1, 0.15) is 5.82 Å². The summed E-state index contributed by atoms with van der Waals surface area (Å²) >= 11 is 6.47. The molecular weight excluding hydrogens is 223 g/mol. The lowest BCUT2D eigenvalue weighted by molar-refractivity contribution is 0.314. The molecule has 1 aromatic carbocycles. The molecule has 0 nitrogen and oxygen atoms in total. The van der Waals surface area contributed by atoms with Gasteiger partial charge in [0.15, 0.2) is 0 Å². The maximum Gasteiger partial charge on any atom is 0.126 e. The molecule has 0 bridgehead atoms. The van der Waals surface area contributed by atoms with Gasteiger partial charge in [-0.3, -0.25) is 0 Å². The zero-order valence-electron chi connectivity index (χ0n) is 9.68. The second kappa shape index (κ2) is 4.75. The zero-order valence-corrected chi connectivity index (χ0v) is 10.4. The standard InChI is InChI=1S/C14H18ClF/c1-14(8-4-5-9-14)13(15)10-11-6-2-3-7-12(11)16/h2-3,6-7,13H,4-5,8-10H2,1H3. The van der Waals surface area contributed by atoms with Gasteiger partial charge >= 0.3 is 0 Å². The highest BCUT2D eigenvalue weighted by Crippen LogP contribution is 2.44. The summed E-state index contributed by atoms with van der Waals surface area (Å²) in [6, 6.07) is 6.94. The fourth-order valence-electron chi connectivity index (χ4n) is 2.60. The number of benzene rings is 1. The summed E-state index contributed by atoms with van der Waals surface area (Å²) in [5, 5.41) is 0.0481. The molecule has 1 aliphatic carbocycles. The lowest BCUT2D eigenvalue weighted by Crippen LogP contribution is -2.27. The van der Waals surface area contributed by atoms with Crippen LogP contribution in [0.3, 0.4) is 0 Å². The Morgan fingerprint density at radius 3 is 2.56 bits per heavy atom. The minimum absolute atomic E-state index is 0.0481. The molecule has 0 amide bonds. The monoisotopic (exact) mass is 240 g/mol. The maximum atomic E-state index is 13.5. The van der Waals surface area contributed by atoms with Crippen molar-refractivity contribution in [3.05, 3.63) is 35.6 Å². The van der Waals surface area contributed by atoms with Gasteiger partial charge in [-0.1, -0.05) is 38.0 Å². The van der Waals surface area contributed by atoms with Crippen LogP contribution in [0.15, 0.2) is 24.3 Å². The molecule has 0 heterocycles. The van der Waals surface area contributed by atoms with Crippen molar-refractivity contribution < 1.29 is 4.39 Å². The summed E-state index contributed by atoms with van der Waals surface area (Å²) in [6.45, 7) is 2.23. The van der Waals surface area contributed by atoms with E-state index >= 15 is 0 Å². The first-order valence-electron chi connectivity index (χ1n) is 5.99. The third kappa shape index (κ3) is 2.40. The number of halogens is 2. The molecule has 0 aliphatic heterocycles. The smallest absolute Gasteiger partial charge is 0.126 e. The number of hydrogen-bond acceptors (Lipinski definition) is 0. The molecule has 1 aliphatic rings. The van der Waals surface area contributed by atoms with Crippen LogP contribution in [0.2, 0.25) is 0 Å².